The van der Waals surface area contributed by atoms with Crippen LogP contribution in [0.15, 0.2) is 48.7 Å². The van der Waals surface area contributed by atoms with Gasteiger partial charge in [0.15, 0.2) is 0 Å². The highest BCUT2D eigenvalue weighted by Crippen LogP contribution is 2.10. The molecule has 0 amide bonds. The predicted molar refractivity (Wildman–Crippen MR) is 94.0 cm³/mol. The first kappa shape index (κ1) is 16.1. The van der Waals surface area contributed by atoms with Gasteiger partial charge < -0.3 is 10.6 Å². The van der Waals surface area contributed by atoms with Crippen molar-refractivity contribution in [1.82, 2.24) is 20.5 Å². The molecule has 122 valence electrons. The lowest BCUT2D eigenvalue weighted by atomic mass is 10.1. The minimum atomic E-state index is 0.808. The van der Waals surface area contributed by atoms with E-state index >= 15 is 0 Å². The Bertz CT molecular complexity index is 577. The minimum Gasteiger partial charge on any atom is -0.315 e. The summed E-state index contributed by atoms with van der Waals surface area (Å²) in [4.78, 5) is 6.88. The van der Waals surface area contributed by atoms with Gasteiger partial charge in [-0.15, -0.1) is 0 Å². The van der Waals surface area contributed by atoms with Crippen molar-refractivity contribution >= 4 is 0 Å². The van der Waals surface area contributed by atoms with Crippen molar-refractivity contribution in [1.29, 1.82) is 0 Å². The van der Waals surface area contributed by atoms with Gasteiger partial charge in [-0.25, -0.2) is 0 Å². The van der Waals surface area contributed by atoms with Crippen LogP contribution in [-0.4, -0.2) is 36.1 Å². The van der Waals surface area contributed by atoms with E-state index < -0.39 is 0 Å². The molecule has 2 aromatic rings. The van der Waals surface area contributed by atoms with Crippen molar-refractivity contribution in [3.05, 3.63) is 65.5 Å². The van der Waals surface area contributed by atoms with Crippen molar-refractivity contribution in [3.63, 3.8) is 0 Å². The summed E-state index contributed by atoms with van der Waals surface area (Å²) in [5.74, 6) is 0. The molecule has 0 radical (unpaired) electrons. The van der Waals surface area contributed by atoms with Crippen LogP contribution >= 0.6 is 0 Å². The van der Waals surface area contributed by atoms with Crippen molar-refractivity contribution in [2.24, 2.45) is 0 Å². The van der Waals surface area contributed by atoms with E-state index in [9.17, 15) is 0 Å². The van der Waals surface area contributed by atoms with Crippen LogP contribution in [0.2, 0.25) is 0 Å². The molecule has 1 aliphatic rings. The van der Waals surface area contributed by atoms with Crippen LogP contribution in [0.4, 0.5) is 0 Å². The van der Waals surface area contributed by atoms with Crippen LogP contribution in [0.25, 0.3) is 0 Å². The highest BCUT2D eigenvalue weighted by molar-refractivity contribution is 5.23. The summed E-state index contributed by atoms with van der Waals surface area (Å²) >= 11 is 0. The molecule has 1 aromatic heterocycles. The van der Waals surface area contributed by atoms with Crippen LogP contribution in [0.5, 0.6) is 0 Å². The Labute approximate surface area is 138 Å². The zero-order valence-electron chi connectivity index (χ0n) is 13.7. The maximum absolute atomic E-state index is 4.34. The Hall–Kier alpha value is -1.75. The van der Waals surface area contributed by atoms with Crippen molar-refractivity contribution in [3.8, 4) is 0 Å². The average Bonchev–Trinajstić information content (AvgIpc) is 2.85. The first-order chi connectivity index (χ1) is 11.4. The van der Waals surface area contributed by atoms with Gasteiger partial charge in [-0.1, -0.05) is 30.3 Å². The molecule has 1 aliphatic heterocycles. The normalized spacial score (nSPS) is 16.2. The molecule has 0 unspecified atom stereocenters. The van der Waals surface area contributed by atoms with Crippen molar-refractivity contribution < 1.29 is 0 Å². The smallest absolute Gasteiger partial charge is 0.0541 e. The molecular weight excluding hydrogens is 284 g/mol. The zero-order valence-corrected chi connectivity index (χ0v) is 13.7. The second kappa shape index (κ2) is 8.77. The number of rotatable bonds is 6. The van der Waals surface area contributed by atoms with Crippen LogP contribution in [0, 0.1) is 0 Å². The Morgan fingerprint density at radius 1 is 1.00 bits per heavy atom. The highest BCUT2D eigenvalue weighted by atomic mass is 15.1. The second-order valence-corrected chi connectivity index (χ2v) is 6.12. The SMILES string of the molecule is c1ccc(CNCc2cccc(CN3CCCNCC3)c2)nc1. The van der Waals surface area contributed by atoms with Crippen molar-refractivity contribution in [2.75, 3.05) is 26.2 Å². The molecule has 0 atom stereocenters. The summed E-state index contributed by atoms with van der Waals surface area (Å²) in [5.41, 5.74) is 3.83. The van der Waals surface area contributed by atoms with E-state index in [1.165, 1.54) is 24.1 Å². The molecule has 0 saturated carbocycles. The molecule has 1 fully saturated rings. The first-order valence-corrected chi connectivity index (χ1v) is 8.52. The fourth-order valence-electron chi connectivity index (χ4n) is 2.99. The lowest BCUT2D eigenvalue weighted by molar-refractivity contribution is 0.284. The van der Waals surface area contributed by atoms with Gasteiger partial charge in [0.25, 0.3) is 0 Å². The number of nitrogens with one attached hydrogen (secondary N) is 2. The van der Waals surface area contributed by atoms with E-state index in [1.807, 2.05) is 18.3 Å². The molecule has 4 heteroatoms. The monoisotopic (exact) mass is 310 g/mol. The lowest BCUT2D eigenvalue weighted by Gasteiger charge is -2.19. The highest BCUT2D eigenvalue weighted by Gasteiger charge is 2.09. The van der Waals surface area contributed by atoms with Gasteiger partial charge in [-0.3, -0.25) is 9.88 Å². The van der Waals surface area contributed by atoms with Gasteiger partial charge in [0, 0.05) is 38.9 Å². The summed E-state index contributed by atoms with van der Waals surface area (Å²) < 4.78 is 0. The van der Waals surface area contributed by atoms with Crippen molar-refractivity contribution in [2.45, 2.75) is 26.1 Å². The number of hydrogen-bond donors (Lipinski definition) is 2. The number of aromatic nitrogens is 1. The third-order valence-corrected chi connectivity index (χ3v) is 4.19. The zero-order chi connectivity index (χ0) is 15.7. The van der Waals surface area contributed by atoms with E-state index in [4.69, 9.17) is 0 Å². The number of pyridine rings is 1. The molecule has 2 heterocycles. The third kappa shape index (κ3) is 5.43. The van der Waals surface area contributed by atoms with Gasteiger partial charge in [-0.2, -0.15) is 0 Å². The topological polar surface area (TPSA) is 40.2 Å². The standard InChI is InChI=1S/C19H26N4/c1-2-9-22-19(7-1)15-21-14-17-5-3-6-18(13-17)16-23-11-4-8-20-10-12-23/h1-3,5-7,9,13,20-21H,4,8,10-12,14-16H2. The number of nitrogens with zero attached hydrogens (tertiary/aromatic N) is 2. The summed E-state index contributed by atoms with van der Waals surface area (Å²) in [6, 6.07) is 15.0. The molecule has 23 heavy (non-hydrogen) atoms. The van der Waals surface area contributed by atoms with Gasteiger partial charge in [0.2, 0.25) is 0 Å². The molecular formula is C19H26N4. The van der Waals surface area contributed by atoms with Crippen LogP contribution < -0.4 is 10.6 Å². The van der Waals surface area contributed by atoms with Crippen LogP contribution in [0.1, 0.15) is 23.2 Å². The molecule has 2 N–H and O–H groups in total. The summed E-state index contributed by atoms with van der Waals surface area (Å²) in [7, 11) is 0. The molecule has 4 nitrogen and oxygen atoms in total. The maximum Gasteiger partial charge on any atom is 0.0541 e. The molecule has 1 saturated heterocycles. The first-order valence-electron chi connectivity index (χ1n) is 8.52. The summed E-state index contributed by atoms with van der Waals surface area (Å²) in [6.45, 7) is 7.32. The van der Waals surface area contributed by atoms with Crippen LogP contribution in [0.3, 0.4) is 0 Å². The quantitative estimate of drug-likeness (QED) is 0.858. The van der Waals surface area contributed by atoms with Gasteiger partial charge in [0.1, 0.15) is 0 Å². The van der Waals surface area contributed by atoms with Gasteiger partial charge in [0.05, 0.1) is 5.69 Å². The number of benzene rings is 1. The van der Waals surface area contributed by atoms with Gasteiger partial charge in [-0.05, 0) is 42.8 Å². The lowest BCUT2D eigenvalue weighted by Crippen LogP contribution is -2.27. The third-order valence-electron chi connectivity index (χ3n) is 4.19. The fourth-order valence-corrected chi connectivity index (χ4v) is 2.99. The summed E-state index contributed by atoms with van der Waals surface area (Å²) in [5, 5.41) is 6.93. The van der Waals surface area contributed by atoms with E-state index in [1.54, 1.807) is 0 Å². The molecule has 0 bridgehead atoms. The number of hydrogen-bond acceptors (Lipinski definition) is 4. The summed E-state index contributed by atoms with van der Waals surface area (Å²) in [6.07, 6.45) is 3.08. The van der Waals surface area contributed by atoms with Gasteiger partial charge >= 0.3 is 0 Å². The average molecular weight is 310 g/mol. The second-order valence-electron chi connectivity index (χ2n) is 6.12. The predicted octanol–water partition coefficient (Wildman–Crippen LogP) is 2.17. The van der Waals surface area contributed by atoms with E-state index in [0.717, 1.165) is 45.0 Å². The van der Waals surface area contributed by atoms with E-state index in [-0.39, 0.29) is 0 Å². The Morgan fingerprint density at radius 3 is 2.87 bits per heavy atom. The largest absolute Gasteiger partial charge is 0.315 e. The van der Waals surface area contributed by atoms with E-state index in [0.29, 0.717) is 0 Å². The minimum absolute atomic E-state index is 0.808. The Kier molecular flexibility index (Phi) is 6.15. The Balaban J connectivity index is 1.50. The van der Waals surface area contributed by atoms with E-state index in [2.05, 4.69) is 50.8 Å². The fraction of sp³-hybridized carbons (Fsp3) is 0.421. The molecule has 3 rings (SSSR count). The molecule has 1 aromatic carbocycles. The molecule has 0 spiro atoms. The molecule has 0 aliphatic carbocycles. The van der Waals surface area contributed by atoms with Crippen LogP contribution in [-0.2, 0) is 19.6 Å². The maximum atomic E-state index is 4.34. The Morgan fingerprint density at radius 2 is 1.96 bits per heavy atom.